The second kappa shape index (κ2) is 6.87. The molecule has 4 nitrogen and oxygen atoms in total. The van der Waals surface area contributed by atoms with E-state index in [-0.39, 0.29) is 11.8 Å². The molecular formula is C20H22N2O2. The van der Waals surface area contributed by atoms with Gasteiger partial charge in [-0.2, -0.15) is 0 Å². The van der Waals surface area contributed by atoms with E-state index in [1.807, 2.05) is 62.4 Å². The average molecular weight is 322 g/mol. The minimum Gasteiger partial charge on any atom is -0.327 e. The first-order valence-corrected chi connectivity index (χ1v) is 8.30. The molecule has 1 aliphatic rings. The molecule has 0 aliphatic carbocycles. The van der Waals surface area contributed by atoms with Crippen LogP contribution in [-0.2, 0) is 4.79 Å². The Morgan fingerprint density at radius 3 is 2.50 bits per heavy atom. The molecule has 1 saturated heterocycles. The predicted octanol–water partition coefficient (Wildman–Crippen LogP) is 3.55. The summed E-state index contributed by atoms with van der Waals surface area (Å²) in [5.74, 6) is -0.183. The van der Waals surface area contributed by atoms with Crippen LogP contribution in [0.2, 0.25) is 0 Å². The fraction of sp³-hybridized carbons (Fsp3) is 0.300. The third kappa shape index (κ3) is 3.48. The van der Waals surface area contributed by atoms with Crippen molar-refractivity contribution in [3.05, 3.63) is 65.2 Å². The summed E-state index contributed by atoms with van der Waals surface area (Å²) in [5, 5.41) is 2.93. The molecule has 0 aromatic heterocycles. The Morgan fingerprint density at radius 2 is 1.79 bits per heavy atom. The van der Waals surface area contributed by atoms with Crippen molar-refractivity contribution in [1.29, 1.82) is 0 Å². The Labute approximate surface area is 142 Å². The zero-order chi connectivity index (χ0) is 17.1. The highest BCUT2D eigenvalue weighted by atomic mass is 16.2. The number of carbonyl (C=O) groups is 2. The Kier molecular flexibility index (Phi) is 4.65. The van der Waals surface area contributed by atoms with Gasteiger partial charge in [-0.15, -0.1) is 0 Å². The normalized spacial score (nSPS) is 16.9. The standard InChI is InChI=1S/C20H22N2O2/c1-14-8-10-17(11-9-14)21-19(23)18-7-4-12-22(18)20(24)16-6-3-5-15(2)13-16/h3,5-6,8-11,13,18H,4,7,12H2,1-2H3,(H,21,23)/t18-/m1/s1. The molecule has 0 unspecified atom stereocenters. The summed E-state index contributed by atoms with van der Waals surface area (Å²) in [4.78, 5) is 27.1. The van der Waals surface area contributed by atoms with Gasteiger partial charge in [0.2, 0.25) is 5.91 Å². The van der Waals surface area contributed by atoms with E-state index in [4.69, 9.17) is 0 Å². The van der Waals surface area contributed by atoms with E-state index in [1.54, 1.807) is 4.90 Å². The molecule has 1 N–H and O–H groups in total. The van der Waals surface area contributed by atoms with E-state index in [0.29, 0.717) is 18.5 Å². The van der Waals surface area contributed by atoms with Gasteiger partial charge in [0.15, 0.2) is 0 Å². The van der Waals surface area contributed by atoms with Crippen LogP contribution in [0.25, 0.3) is 0 Å². The second-order valence-electron chi connectivity index (χ2n) is 6.38. The first kappa shape index (κ1) is 16.2. The molecule has 2 aromatic rings. The van der Waals surface area contributed by atoms with Gasteiger partial charge in [-0.3, -0.25) is 9.59 Å². The zero-order valence-electron chi connectivity index (χ0n) is 14.1. The van der Waals surface area contributed by atoms with Gasteiger partial charge in [-0.05, 0) is 51.0 Å². The quantitative estimate of drug-likeness (QED) is 0.939. The molecule has 3 rings (SSSR count). The first-order valence-electron chi connectivity index (χ1n) is 8.30. The van der Waals surface area contributed by atoms with Gasteiger partial charge in [0.05, 0.1) is 0 Å². The topological polar surface area (TPSA) is 49.4 Å². The first-order chi connectivity index (χ1) is 11.5. The monoisotopic (exact) mass is 322 g/mol. The van der Waals surface area contributed by atoms with Crippen LogP contribution >= 0.6 is 0 Å². The molecule has 0 spiro atoms. The van der Waals surface area contributed by atoms with Gasteiger partial charge in [-0.25, -0.2) is 0 Å². The number of rotatable bonds is 3. The van der Waals surface area contributed by atoms with Crippen LogP contribution in [0.15, 0.2) is 48.5 Å². The van der Waals surface area contributed by atoms with Crippen LogP contribution in [0.3, 0.4) is 0 Å². The van der Waals surface area contributed by atoms with Crippen LogP contribution in [-0.4, -0.2) is 29.3 Å². The van der Waals surface area contributed by atoms with Crippen LogP contribution in [0.5, 0.6) is 0 Å². The molecular weight excluding hydrogens is 300 g/mol. The minimum absolute atomic E-state index is 0.0692. The maximum absolute atomic E-state index is 12.8. The molecule has 0 saturated carbocycles. The number of benzene rings is 2. The van der Waals surface area contributed by atoms with Crippen molar-refractivity contribution in [3.8, 4) is 0 Å². The van der Waals surface area contributed by atoms with E-state index >= 15 is 0 Å². The lowest BCUT2D eigenvalue weighted by Gasteiger charge is -2.24. The molecule has 124 valence electrons. The van der Waals surface area contributed by atoms with Crippen molar-refractivity contribution in [2.24, 2.45) is 0 Å². The Morgan fingerprint density at radius 1 is 1.04 bits per heavy atom. The summed E-state index contributed by atoms with van der Waals surface area (Å²) in [7, 11) is 0. The summed E-state index contributed by atoms with van der Waals surface area (Å²) in [6.07, 6.45) is 1.55. The molecule has 0 radical (unpaired) electrons. The van der Waals surface area contributed by atoms with Gasteiger partial charge in [0.25, 0.3) is 5.91 Å². The fourth-order valence-corrected chi connectivity index (χ4v) is 3.09. The van der Waals surface area contributed by atoms with Crippen LogP contribution in [0.1, 0.15) is 34.3 Å². The van der Waals surface area contributed by atoms with Gasteiger partial charge in [0, 0.05) is 17.8 Å². The molecule has 2 aromatic carbocycles. The summed E-state index contributed by atoms with van der Waals surface area (Å²) < 4.78 is 0. The van der Waals surface area contributed by atoms with Crippen LogP contribution < -0.4 is 5.32 Å². The molecule has 4 heteroatoms. The van der Waals surface area contributed by atoms with E-state index < -0.39 is 6.04 Å². The lowest BCUT2D eigenvalue weighted by Crippen LogP contribution is -2.43. The third-order valence-electron chi connectivity index (χ3n) is 4.40. The van der Waals surface area contributed by atoms with E-state index in [0.717, 1.165) is 23.2 Å². The predicted molar refractivity (Wildman–Crippen MR) is 95.0 cm³/mol. The largest absolute Gasteiger partial charge is 0.327 e. The van der Waals surface area contributed by atoms with E-state index in [2.05, 4.69) is 5.32 Å². The number of anilines is 1. The Hall–Kier alpha value is -2.62. The van der Waals surface area contributed by atoms with Crippen molar-refractivity contribution >= 4 is 17.5 Å². The molecule has 1 heterocycles. The highest BCUT2D eigenvalue weighted by Crippen LogP contribution is 2.22. The number of hydrogen-bond donors (Lipinski definition) is 1. The smallest absolute Gasteiger partial charge is 0.254 e. The highest BCUT2D eigenvalue weighted by Gasteiger charge is 2.34. The van der Waals surface area contributed by atoms with Gasteiger partial charge in [0.1, 0.15) is 6.04 Å². The number of likely N-dealkylation sites (tertiary alicyclic amines) is 1. The number of carbonyl (C=O) groups excluding carboxylic acids is 2. The maximum atomic E-state index is 12.8. The molecule has 0 bridgehead atoms. The maximum Gasteiger partial charge on any atom is 0.254 e. The van der Waals surface area contributed by atoms with Crippen molar-refractivity contribution < 1.29 is 9.59 Å². The number of amides is 2. The zero-order valence-corrected chi connectivity index (χ0v) is 14.1. The highest BCUT2D eigenvalue weighted by molar-refractivity contribution is 6.01. The number of hydrogen-bond acceptors (Lipinski definition) is 2. The lowest BCUT2D eigenvalue weighted by molar-refractivity contribution is -0.119. The molecule has 1 aliphatic heterocycles. The molecule has 2 amide bonds. The minimum atomic E-state index is -0.403. The van der Waals surface area contributed by atoms with Gasteiger partial charge in [-0.1, -0.05) is 35.4 Å². The summed E-state index contributed by atoms with van der Waals surface area (Å²) >= 11 is 0. The summed E-state index contributed by atoms with van der Waals surface area (Å²) in [6, 6.07) is 14.8. The van der Waals surface area contributed by atoms with Gasteiger partial charge < -0.3 is 10.2 Å². The molecule has 24 heavy (non-hydrogen) atoms. The van der Waals surface area contributed by atoms with E-state index in [9.17, 15) is 9.59 Å². The SMILES string of the molecule is Cc1ccc(NC(=O)[C@H]2CCCN2C(=O)c2cccc(C)c2)cc1. The Bertz CT molecular complexity index is 752. The van der Waals surface area contributed by atoms with Gasteiger partial charge >= 0.3 is 0 Å². The van der Waals surface area contributed by atoms with Crippen molar-refractivity contribution in [1.82, 2.24) is 4.90 Å². The Balaban J connectivity index is 1.73. The summed E-state index contributed by atoms with van der Waals surface area (Å²) in [5.41, 5.74) is 3.59. The average Bonchev–Trinajstić information content (AvgIpc) is 3.06. The summed E-state index contributed by atoms with van der Waals surface area (Å²) in [6.45, 7) is 4.59. The van der Waals surface area contributed by atoms with Crippen molar-refractivity contribution in [3.63, 3.8) is 0 Å². The van der Waals surface area contributed by atoms with E-state index in [1.165, 1.54) is 0 Å². The number of nitrogens with one attached hydrogen (secondary N) is 1. The molecule has 1 atom stereocenters. The van der Waals surface area contributed by atoms with Crippen molar-refractivity contribution in [2.75, 3.05) is 11.9 Å². The number of nitrogens with zero attached hydrogens (tertiary/aromatic N) is 1. The number of aryl methyl sites for hydroxylation is 2. The van der Waals surface area contributed by atoms with Crippen LogP contribution in [0, 0.1) is 13.8 Å². The van der Waals surface area contributed by atoms with Crippen LogP contribution in [0.4, 0.5) is 5.69 Å². The third-order valence-corrected chi connectivity index (χ3v) is 4.40. The lowest BCUT2D eigenvalue weighted by atomic mass is 10.1. The second-order valence-corrected chi connectivity index (χ2v) is 6.38. The van der Waals surface area contributed by atoms with Crippen molar-refractivity contribution in [2.45, 2.75) is 32.7 Å². The molecule has 1 fully saturated rings. The fourth-order valence-electron chi connectivity index (χ4n) is 3.09.